The maximum Gasteiger partial charge on any atom is 0.332 e. The Balaban J connectivity index is 2.50. The molecular weight excluding hydrogens is 274 g/mol. The zero-order valence-corrected chi connectivity index (χ0v) is 11.8. The normalized spacial score (nSPS) is 20.2. The van der Waals surface area contributed by atoms with Crippen LogP contribution >= 0.6 is 0 Å². The Morgan fingerprint density at radius 1 is 1.11 bits per heavy atom. The van der Waals surface area contributed by atoms with Crippen molar-refractivity contribution >= 4 is 21.3 Å². The summed E-state index contributed by atoms with van der Waals surface area (Å²) in [4.78, 5) is 0.0964. The molecule has 7 heteroatoms. The smallest absolute Gasteiger partial charge is 0.332 e. The van der Waals surface area contributed by atoms with Crippen molar-refractivity contribution in [1.82, 2.24) is 3.71 Å². The SMILES string of the molecule is CC1=C(C)N(S(=O)(=O)c2ccc(C)cc2)S(=O)O1. The average Bonchev–Trinajstić information content (AvgIpc) is 2.54. The van der Waals surface area contributed by atoms with E-state index in [-0.39, 0.29) is 4.90 Å². The number of rotatable bonds is 2. The van der Waals surface area contributed by atoms with E-state index in [1.165, 1.54) is 12.1 Å². The van der Waals surface area contributed by atoms with E-state index in [0.717, 1.165) is 9.27 Å². The Kier molecular flexibility index (Phi) is 3.20. The minimum absolute atomic E-state index is 0.0964. The molecule has 1 atom stereocenters. The second-order valence-electron chi connectivity index (χ2n) is 3.99. The van der Waals surface area contributed by atoms with E-state index in [2.05, 4.69) is 0 Å². The van der Waals surface area contributed by atoms with Gasteiger partial charge in [-0.25, -0.2) is 8.42 Å². The van der Waals surface area contributed by atoms with Gasteiger partial charge in [0.15, 0.2) is 0 Å². The van der Waals surface area contributed by atoms with Crippen LogP contribution < -0.4 is 0 Å². The fourth-order valence-corrected chi connectivity index (χ4v) is 4.41. The molecule has 1 aliphatic heterocycles. The van der Waals surface area contributed by atoms with Crippen molar-refractivity contribution in [2.24, 2.45) is 0 Å². The standard InChI is InChI=1S/C11H13NO4S2/c1-8-4-6-11(7-5-8)18(14,15)12-9(2)10(3)16-17(12)13/h4-7H,1-3H3. The molecule has 0 N–H and O–H groups in total. The Labute approximate surface area is 109 Å². The van der Waals surface area contributed by atoms with Crippen molar-refractivity contribution in [3.05, 3.63) is 41.3 Å². The average molecular weight is 287 g/mol. The summed E-state index contributed by atoms with van der Waals surface area (Å²) < 4.78 is 42.1. The van der Waals surface area contributed by atoms with Gasteiger partial charge in [0.05, 0.1) is 10.6 Å². The van der Waals surface area contributed by atoms with Gasteiger partial charge in [-0.1, -0.05) is 17.7 Å². The predicted molar refractivity (Wildman–Crippen MR) is 67.8 cm³/mol. The topological polar surface area (TPSA) is 63.7 Å². The van der Waals surface area contributed by atoms with Crippen LogP contribution in [-0.4, -0.2) is 16.3 Å². The molecule has 1 aromatic rings. The number of hydrogen-bond donors (Lipinski definition) is 0. The highest BCUT2D eigenvalue weighted by atomic mass is 32.3. The second kappa shape index (κ2) is 4.40. The molecule has 0 saturated carbocycles. The second-order valence-corrected chi connectivity index (χ2v) is 6.97. The number of nitrogens with zero attached hydrogens (tertiary/aromatic N) is 1. The van der Waals surface area contributed by atoms with Crippen LogP contribution in [0.5, 0.6) is 0 Å². The molecule has 1 heterocycles. The Morgan fingerprint density at radius 3 is 2.11 bits per heavy atom. The van der Waals surface area contributed by atoms with E-state index >= 15 is 0 Å². The van der Waals surface area contributed by atoms with Gasteiger partial charge in [-0.15, -0.1) is 3.71 Å². The van der Waals surface area contributed by atoms with Crippen LogP contribution in [0, 0.1) is 6.92 Å². The Hall–Kier alpha value is -1.34. The van der Waals surface area contributed by atoms with Crippen molar-refractivity contribution in [1.29, 1.82) is 0 Å². The highest BCUT2D eigenvalue weighted by Crippen LogP contribution is 2.30. The van der Waals surface area contributed by atoms with Crippen molar-refractivity contribution < 1.29 is 16.8 Å². The van der Waals surface area contributed by atoms with Gasteiger partial charge < -0.3 is 4.18 Å². The molecule has 0 bridgehead atoms. The van der Waals surface area contributed by atoms with Crippen molar-refractivity contribution in [3.8, 4) is 0 Å². The van der Waals surface area contributed by atoms with Crippen LogP contribution in [0.15, 0.2) is 40.6 Å². The summed E-state index contributed by atoms with van der Waals surface area (Å²) in [6.07, 6.45) is 0. The first-order valence-corrected chi connectivity index (χ1v) is 7.71. The molecule has 1 unspecified atom stereocenters. The summed E-state index contributed by atoms with van der Waals surface area (Å²) in [7, 11) is -3.84. The Bertz CT molecular complexity index is 632. The lowest BCUT2D eigenvalue weighted by Gasteiger charge is -2.15. The summed E-state index contributed by atoms with van der Waals surface area (Å²) >= 11 is -2.02. The zero-order valence-electron chi connectivity index (χ0n) is 10.2. The molecule has 2 rings (SSSR count). The summed E-state index contributed by atoms with van der Waals surface area (Å²) in [5.41, 5.74) is 1.30. The molecule has 0 fully saturated rings. The monoisotopic (exact) mass is 287 g/mol. The summed E-state index contributed by atoms with van der Waals surface area (Å²) in [5.74, 6) is 0.351. The van der Waals surface area contributed by atoms with Gasteiger partial charge >= 0.3 is 11.3 Å². The molecule has 0 radical (unpaired) electrons. The van der Waals surface area contributed by atoms with E-state index in [1.54, 1.807) is 26.0 Å². The van der Waals surface area contributed by atoms with Gasteiger partial charge in [0.25, 0.3) is 10.0 Å². The number of sulfonamides is 1. The molecule has 18 heavy (non-hydrogen) atoms. The number of hydrogen-bond acceptors (Lipinski definition) is 4. The fourth-order valence-electron chi connectivity index (χ4n) is 1.51. The van der Waals surface area contributed by atoms with Crippen LogP contribution in [0.2, 0.25) is 0 Å². The van der Waals surface area contributed by atoms with Crippen molar-refractivity contribution in [2.45, 2.75) is 25.7 Å². The first-order valence-electron chi connectivity index (χ1n) is 5.24. The van der Waals surface area contributed by atoms with Crippen LogP contribution in [0.3, 0.4) is 0 Å². The predicted octanol–water partition coefficient (Wildman–Crippen LogP) is 1.85. The quantitative estimate of drug-likeness (QED) is 0.832. The number of allylic oxidation sites excluding steroid dienone is 2. The molecule has 0 spiro atoms. The third-order valence-electron chi connectivity index (χ3n) is 2.65. The first kappa shape index (κ1) is 13.1. The van der Waals surface area contributed by atoms with Gasteiger partial charge in [0, 0.05) is 0 Å². The third-order valence-corrected chi connectivity index (χ3v) is 6.12. The third kappa shape index (κ3) is 2.04. The lowest BCUT2D eigenvalue weighted by Crippen LogP contribution is -2.28. The molecule has 1 aromatic carbocycles. The van der Waals surface area contributed by atoms with Crippen molar-refractivity contribution in [2.75, 3.05) is 0 Å². The van der Waals surface area contributed by atoms with Gasteiger partial charge in [0.1, 0.15) is 5.76 Å². The van der Waals surface area contributed by atoms with Crippen LogP contribution in [0.4, 0.5) is 0 Å². The molecule has 1 aliphatic rings. The molecule has 5 nitrogen and oxygen atoms in total. The van der Waals surface area contributed by atoms with Crippen LogP contribution in [0.25, 0.3) is 0 Å². The van der Waals surface area contributed by atoms with Crippen LogP contribution in [0.1, 0.15) is 19.4 Å². The minimum atomic E-state index is -3.84. The van der Waals surface area contributed by atoms with E-state index in [4.69, 9.17) is 4.18 Å². The van der Waals surface area contributed by atoms with Gasteiger partial charge in [-0.2, -0.15) is 4.21 Å². The minimum Gasteiger partial charge on any atom is -0.387 e. The maximum absolute atomic E-state index is 12.3. The molecule has 0 amide bonds. The van der Waals surface area contributed by atoms with E-state index in [0.29, 0.717) is 11.5 Å². The van der Waals surface area contributed by atoms with Crippen molar-refractivity contribution in [3.63, 3.8) is 0 Å². The number of benzene rings is 1. The summed E-state index contributed by atoms with van der Waals surface area (Å²) in [6, 6.07) is 6.36. The Morgan fingerprint density at radius 2 is 1.67 bits per heavy atom. The largest absolute Gasteiger partial charge is 0.387 e. The van der Waals surface area contributed by atoms with E-state index in [1.807, 2.05) is 6.92 Å². The zero-order chi connectivity index (χ0) is 13.5. The lowest BCUT2D eigenvalue weighted by atomic mass is 10.2. The molecule has 98 valence electrons. The van der Waals surface area contributed by atoms with Gasteiger partial charge in [0.2, 0.25) is 0 Å². The highest BCUT2D eigenvalue weighted by Gasteiger charge is 2.37. The van der Waals surface area contributed by atoms with Gasteiger partial charge in [-0.05, 0) is 32.9 Å². The van der Waals surface area contributed by atoms with E-state index in [9.17, 15) is 12.6 Å². The number of aryl methyl sites for hydroxylation is 1. The highest BCUT2D eigenvalue weighted by molar-refractivity contribution is 8.00. The molecule has 0 saturated heterocycles. The summed E-state index contributed by atoms with van der Waals surface area (Å²) in [6.45, 7) is 5.01. The van der Waals surface area contributed by atoms with Gasteiger partial charge in [-0.3, -0.25) is 0 Å². The first-order chi connectivity index (χ1) is 8.34. The molecule has 0 aliphatic carbocycles. The fraction of sp³-hybridized carbons (Fsp3) is 0.273. The summed E-state index contributed by atoms with van der Waals surface area (Å²) in [5, 5.41) is 0. The van der Waals surface area contributed by atoms with Crippen LogP contribution in [-0.2, 0) is 25.5 Å². The lowest BCUT2D eigenvalue weighted by molar-refractivity contribution is 0.464. The maximum atomic E-state index is 12.3. The molecule has 0 aromatic heterocycles. The van der Waals surface area contributed by atoms with E-state index < -0.39 is 21.3 Å². The molecular formula is C11H13NO4S2.